The van der Waals surface area contributed by atoms with Crippen molar-refractivity contribution in [1.82, 2.24) is 15.5 Å². The van der Waals surface area contributed by atoms with Gasteiger partial charge in [-0.25, -0.2) is 9.18 Å². The van der Waals surface area contributed by atoms with Gasteiger partial charge in [-0.15, -0.1) is 0 Å². The van der Waals surface area contributed by atoms with Crippen LogP contribution in [0.4, 0.5) is 9.18 Å². The summed E-state index contributed by atoms with van der Waals surface area (Å²) in [6, 6.07) is -1.71. The number of carbonyl (C=O) groups is 3. The third kappa shape index (κ3) is 4.05. The van der Waals surface area contributed by atoms with E-state index in [4.69, 9.17) is 0 Å². The molecule has 1 heterocycles. The first-order valence-corrected chi connectivity index (χ1v) is 6.82. The SMILES string of the molecule is CNC(=O)C1CC(F)CN1C(=O)C(NC(=O)OC)C(C)C. The van der Waals surface area contributed by atoms with Crippen molar-refractivity contribution in [1.29, 1.82) is 0 Å². The van der Waals surface area contributed by atoms with Gasteiger partial charge in [0.15, 0.2) is 0 Å². The van der Waals surface area contributed by atoms with E-state index in [1.807, 2.05) is 0 Å². The van der Waals surface area contributed by atoms with E-state index >= 15 is 0 Å². The first kappa shape index (κ1) is 17.2. The second kappa shape index (κ2) is 7.24. The molecule has 1 saturated heterocycles. The second-order valence-electron chi connectivity index (χ2n) is 5.31. The summed E-state index contributed by atoms with van der Waals surface area (Å²) in [5.41, 5.74) is 0. The first-order valence-electron chi connectivity index (χ1n) is 6.82. The van der Waals surface area contributed by atoms with Crippen LogP contribution in [0.25, 0.3) is 0 Å². The topological polar surface area (TPSA) is 87.7 Å². The summed E-state index contributed by atoms with van der Waals surface area (Å²) >= 11 is 0. The molecule has 2 N–H and O–H groups in total. The van der Waals surface area contributed by atoms with Crippen LogP contribution in [0.1, 0.15) is 20.3 Å². The van der Waals surface area contributed by atoms with Crippen molar-refractivity contribution in [3.05, 3.63) is 0 Å². The Bertz CT molecular complexity index is 416. The highest BCUT2D eigenvalue weighted by Crippen LogP contribution is 2.23. The maximum absolute atomic E-state index is 13.6. The lowest BCUT2D eigenvalue weighted by molar-refractivity contribution is -0.140. The Hall–Kier alpha value is -1.86. The zero-order valence-corrected chi connectivity index (χ0v) is 12.7. The summed E-state index contributed by atoms with van der Waals surface area (Å²) in [6.07, 6.45) is -2.02. The molecule has 21 heavy (non-hydrogen) atoms. The van der Waals surface area contributed by atoms with Crippen molar-refractivity contribution in [2.75, 3.05) is 20.7 Å². The molecule has 1 aliphatic rings. The smallest absolute Gasteiger partial charge is 0.407 e. The third-order valence-electron chi connectivity index (χ3n) is 3.47. The Morgan fingerprint density at radius 2 is 1.95 bits per heavy atom. The van der Waals surface area contributed by atoms with Crippen molar-refractivity contribution in [3.8, 4) is 0 Å². The van der Waals surface area contributed by atoms with Gasteiger partial charge in [0, 0.05) is 13.5 Å². The number of halogens is 1. The summed E-state index contributed by atoms with van der Waals surface area (Å²) in [5.74, 6) is -1.12. The fourth-order valence-corrected chi connectivity index (χ4v) is 2.32. The normalized spacial score (nSPS) is 22.9. The number of carbonyl (C=O) groups excluding carboxylic acids is 3. The molecular weight excluding hydrogens is 281 g/mol. The van der Waals surface area contributed by atoms with E-state index in [-0.39, 0.29) is 18.9 Å². The molecule has 7 nitrogen and oxygen atoms in total. The monoisotopic (exact) mass is 303 g/mol. The van der Waals surface area contributed by atoms with Crippen LogP contribution in [0, 0.1) is 5.92 Å². The van der Waals surface area contributed by atoms with Crippen molar-refractivity contribution in [2.24, 2.45) is 5.92 Å². The van der Waals surface area contributed by atoms with Gasteiger partial charge >= 0.3 is 6.09 Å². The molecule has 8 heteroatoms. The van der Waals surface area contributed by atoms with Crippen LogP contribution < -0.4 is 10.6 Å². The molecule has 1 rings (SSSR count). The number of hydrogen-bond donors (Lipinski definition) is 2. The average molecular weight is 303 g/mol. The van der Waals surface area contributed by atoms with E-state index in [9.17, 15) is 18.8 Å². The Morgan fingerprint density at radius 3 is 2.43 bits per heavy atom. The molecule has 0 bridgehead atoms. The number of alkyl carbamates (subject to hydrolysis) is 1. The summed E-state index contributed by atoms with van der Waals surface area (Å²) in [5, 5.41) is 4.85. The predicted octanol–water partition coefficient (Wildman–Crippen LogP) is 0.0520. The van der Waals surface area contributed by atoms with E-state index in [0.717, 1.165) is 0 Å². The Kier molecular flexibility index (Phi) is 5.92. The van der Waals surface area contributed by atoms with Crippen LogP contribution in [0.5, 0.6) is 0 Å². The lowest BCUT2D eigenvalue weighted by Crippen LogP contribution is -2.55. The minimum atomic E-state index is -1.25. The van der Waals surface area contributed by atoms with E-state index in [2.05, 4.69) is 15.4 Å². The van der Waals surface area contributed by atoms with E-state index in [1.165, 1.54) is 19.1 Å². The van der Waals surface area contributed by atoms with Gasteiger partial charge in [-0.3, -0.25) is 9.59 Å². The summed E-state index contributed by atoms with van der Waals surface area (Å²) in [4.78, 5) is 36.8. The predicted molar refractivity (Wildman–Crippen MR) is 73.2 cm³/mol. The fraction of sp³-hybridized carbons (Fsp3) is 0.769. The zero-order chi connectivity index (χ0) is 16.2. The van der Waals surface area contributed by atoms with Crippen LogP contribution in [0.2, 0.25) is 0 Å². The van der Waals surface area contributed by atoms with Crippen molar-refractivity contribution < 1.29 is 23.5 Å². The molecule has 1 aliphatic heterocycles. The highest BCUT2D eigenvalue weighted by atomic mass is 19.1. The number of nitrogens with zero attached hydrogens (tertiary/aromatic N) is 1. The van der Waals surface area contributed by atoms with Crippen LogP contribution in [-0.4, -0.2) is 61.8 Å². The molecule has 0 radical (unpaired) electrons. The van der Waals surface area contributed by atoms with Crippen LogP contribution in [-0.2, 0) is 14.3 Å². The number of methoxy groups -OCH3 is 1. The lowest BCUT2D eigenvalue weighted by atomic mass is 10.0. The molecule has 3 amide bonds. The van der Waals surface area contributed by atoms with Gasteiger partial charge in [0.1, 0.15) is 18.3 Å². The number of rotatable bonds is 4. The van der Waals surface area contributed by atoms with Gasteiger partial charge in [-0.2, -0.15) is 0 Å². The van der Waals surface area contributed by atoms with E-state index in [0.29, 0.717) is 0 Å². The highest BCUT2D eigenvalue weighted by molar-refractivity contribution is 5.92. The van der Waals surface area contributed by atoms with Gasteiger partial charge < -0.3 is 20.3 Å². The van der Waals surface area contributed by atoms with Gasteiger partial charge in [0.2, 0.25) is 11.8 Å². The molecule has 0 aliphatic carbocycles. The van der Waals surface area contributed by atoms with Gasteiger partial charge in [-0.05, 0) is 5.92 Å². The Balaban J connectivity index is 2.90. The van der Waals surface area contributed by atoms with Crippen molar-refractivity contribution in [2.45, 2.75) is 38.5 Å². The maximum atomic E-state index is 13.6. The minimum Gasteiger partial charge on any atom is -0.453 e. The largest absolute Gasteiger partial charge is 0.453 e. The quantitative estimate of drug-likeness (QED) is 0.768. The molecule has 0 aromatic carbocycles. The first-order chi connectivity index (χ1) is 9.81. The molecule has 0 aromatic heterocycles. The van der Waals surface area contributed by atoms with Crippen LogP contribution in [0.15, 0.2) is 0 Å². The Morgan fingerprint density at radius 1 is 1.33 bits per heavy atom. The number of alkyl halides is 1. The van der Waals surface area contributed by atoms with E-state index in [1.54, 1.807) is 13.8 Å². The number of likely N-dealkylation sites (N-methyl/N-ethyl adjacent to an activating group) is 1. The van der Waals surface area contributed by atoms with Crippen molar-refractivity contribution >= 4 is 17.9 Å². The standard InChI is InChI=1S/C13H22FN3O4/c1-7(2)10(16-13(20)21-4)12(19)17-6-8(14)5-9(17)11(18)15-3/h7-10H,5-6H2,1-4H3,(H,15,18)(H,16,20). The van der Waals surface area contributed by atoms with Gasteiger partial charge in [0.05, 0.1) is 13.7 Å². The fourth-order valence-electron chi connectivity index (χ4n) is 2.32. The van der Waals surface area contributed by atoms with Crippen LogP contribution >= 0.6 is 0 Å². The van der Waals surface area contributed by atoms with Gasteiger partial charge in [0.25, 0.3) is 0 Å². The minimum absolute atomic E-state index is 0.0333. The molecule has 0 aromatic rings. The molecule has 1 fully saturated rings. The molecule has 3 unspecified atom stereocenters. The lowest BCUT2D eigenvalue weighted by Gasteiger charge is -2.29. The number of amides is 3. The number of hydrogen-bond acceptors (Lipinski definition) is 4. The van der Waals surface area contributed by atoms with Gasteiger partial charge in [-0.1, -0.05) is 13.8 Å². The number of likely N-dealkylation sites (tertiary alicyclic amines) is 1. The maximum Gasteiger partial charge on any atom is 0.407 e. The molecule has 120 valence electrons. The summed E-state index contributed by atoms with van der Waals surface area (Å²) in [6.45, 7) is 3.34. The van der Waals surface area contributed by atoms with E-state index < -0.39 is 36.2 Å². The summed E-state index contributed by atoms with van der Waals surface area (Å²) < 4.78 is 18.1. The average Bonchev–Trinajstić information content (AvgIpc) is 2.84. The van der Waals surface area contributed by atoms with Crippen LogP contribution in [0.3, 0.4) is 0 Å². The van der Waals surface area contributed by atoms with Crippen molar-refractivity contribution in [3.63, 3.8) is 0 Å². The summed E-state index contributed by atoms with van der Waals surface area (Å²) in [7, 11) is 2.63. The Labute approximate surface area is 123 Å². The second-order valence-corrected chi connectivity index (χ2v) is 5.31. The molecule has 0 spiro atoms. The molecular formula is C13H22FN3O4. The molecule has 0 saturated carbocycles. The zero-order valence-electron chi connectivity index (χ0n) is 12.7. The molecule has 3 atom stereocenters. The number of ether oxygens (including phenoxy) is 1. The highest BCUT2D eigenvalue weighted by Gasteiger charge is 2.42. The number of nitrogens with one attached hydrogen (secondary N) is 2. The third-order valence-corrected chi connectivity index (χ3v) is 3.47.